The van der Waals surface area contributed by atoms with Crippen LogP contribution in [-0.4, -0.2) is 49.9 Å². The molecule has 3 rings (SSSR count). The average molecular weight is 401 g/mol. The summed E-state index contributed by atoms with van der Waals surface area (Å²) in [5, 5.41) is 7.84. The lowest BCUT2D eigenvalue weighted by molar-refractivity contribution is 0.432. The highest BCUT2D eigenvalue weighted by Crippen LogP contribution is 2.23. The minimum atomic E-state index is -3.48. The summed E-state index contributed by atoms with van der Waals surface area (Å²) in [6, 6.07) is 16.6. The Morgan fingerprint density at radius 2 is 1.64 bits per heavy atom. The standard InChI is InChI=1S/C20H24N4O3S/c1-16-21-22-20(27-16)18-11-9-17(10-12-18)15-24(19-7-5-4-6-8-19)28(25,26)14-13-23(2)3/h4-12H,13-15H2,1-3H3. The van der Waals surface area contributed by atoms with Crippen molar-refractivity contribution in [2.24, 2.45) is 0 Å². The third-order valence-electron chi connectivity index (χ3n) is 4.23. The quantitative estimate of drug-likeness (QED) is 0.578. The molecule has 0 saturated carbocycles. The van der Waals surface area contributed by atoms with E-state index in [1.54, 1.807) is 6.92 Å². The summed E-state index contributed by atoms with van der Waals surface area (Å²) in [6.45, 7) is 2.45. The molecule has 0 saturated heterocycles. The third-order valence-corrected chi connectivity index (χ3v) is 5.94. The maximum atomic E-state index is 13.0. The highest BCUT2D eigenvalue weighted by atomic mass is 32.2. The largest absolute Gasteiger partial charge is 0.421 e. The molecular formula is C20H24N4O3S. The molecule has 0 bridgehead atoms. The van der Waals surface area contributed by atoms with Gasteiger partial charge in [-0.2, -0.15) is 0 Å². The lowest BCUT2D eigenvalue weighted by atomic mass is 10.1. The van der Waals surface area contributed by atoms with Crippen LogP contribution in [0.3, 0.4) is 0 Å². The maximum absolute atomic E-state index is 13.0. The van der Waals surface area contributed by atoms with E-state index in [0.29, 0.717) is 24.0 Å². The molecular weight excluding hydrogens is 376 g/mol. The highest BCUT2D eigenvalue weighted by molar-refractivity contribution is 7.92. The maximum Gasteiger partial charge on any atom is 0.247 e. The van der Waals surface area contributed by atoms with Crippen molar-refractivity contribution in [2.45, 2.75) is 13.5 Å². The molecule has 3 aromatic rings. The van der Waals surface area contributed by atoms with Crippen LogP contribution in [0, 0.1) is 6.92 Å². The van der Waals surface area contributed by atoms with Gasteiger partial charge >= 0.3 is 0 Å². The molecule has 0 aliphatic heterocycles. The summed E-state index contributed by atoms with van der Waals surface area (Å²) >= 11 is 0. The van der Waals surface area contributed by atoms with Gasteiger partial charge in [-0.3, -0.25) is 4.31 Å². The molecule has 1 aromatic heterocycles. The first-order valence-corrected chi connectivity index (χ1v) is 10.6. The van der Waals surface area contributed by atoms with Crippen molar-refractivity contribution in [2.75, 3.05) is 30.7 Å². The van der Waals surface area contributed by atoms with Gasteiger partial charge in [0.2, 0.25) is 21.8 Å². The van der Waals surface area contributed by atoms with Gasteiger partial charge in [0, 0.05) is 19.0 Å². The molecule has 0 fully saturated rings. The Balaban J connectivity index is 1.85. The predicted octanol–water partition coefficient (Wildman–Crippen LogP) is 2.94. The normalized spacial score (nSPS) is 11.7. The summed E-state index contributed by atoms with van der Waals surface area (Å²) in [5.41, 5.74) is 2.32. The number of anilines is 1. The number of rotatable bonds is 8. The number of benzene rings is 2. The zero-order valence-electron chi connectivity index (χ0n) is 16.2. The minimum absolute atomic E-state index is 0.0498. The molecule has 1 heterocycles. The second-order valence-corrected chi connectivity index (χ2v) is 8.80. The number of aryl methyl sites for hydroxylation is 1. The van der Waals surface area contributed by atoms with E-state index in [-0.39, 0.29) is 12.3 Å². The van der Waals surface area contributed by atoms with Gasteiger partial charge in [-0.05, 0) is 43.9 Å². The van der Waals surface area contributed by atoms with E-state index in [1.165, 1.54) is 4.31 Å². The van der Waals surface area contributed by atoms with Crippen molar-refractivity contribution < 1.29 is 12.8 Å². The number of hydrogen-bond donors (Lipinski definition) is 0. The van der Waals surface area contributed by atoms with Crippen molar-refractivity contribution in [3.63, 3.8) is 0 Å². The Morgan fingerprint density at radius 1 is 0.964 bits per heavy atom. The number of sulfonamides is 1. The molecule has 2 aromatic carbocycles. The molecule has 0 spiro atoms. The number of aromatic nitrogens is 2. The fourth-order valence-electron chi connectivity index (χ4n) is 2.68. The molecule has 0 aliphatic rings. The molecule has 0 amide bonds. The minimum Gasteiger partial charge on any atom is -0.421 e. The van der Waals surface area contributed by atoms with Crippen LogP contribution >= 0.6 is 0 Å². The second kappa shape index (κ2) is 8.53. The fourth-order valence-corrected chi connectivity index (χ4v) is 4.29. The van der Waals surface area contributed by atoms with Crippen LogP contribution in [0.25, 0.3) is 11.5 Å². The number of para-hydroxylation sites is 1. The molecule has 7 nitrogen and oxygen atoms in total. The molecule has 0 N–H and O–H groups in total. The van der Waals surface area contributed by atoms with E-state index in [4.69, 9.17) is 4.42 Å². The Kier molecular flexibility index (Phi) is 6.11. The fraction of sp³-hybridized carbons (Fsp3) is 0.300. The number of hydrogen-bond acceptors (Lipinski definition) is 6. The zero-order chi connectivity index (χ0) is 20.1. The van der Waals surface area contributed by atoms with Crippen molar-refractivity contribution in [3.05, 3.63) is 66.1 Å². The SMILES string of the molecule is Cc1nnc(-c2ccc(CN(c3ccccc3)S(=O)(=O)CCN(C)C)cc2)o1. The Labute approximate surface area is 165 Å². The van der Waals surface area contributed by atoms with Gasteiger partial charge < -0.3 is 9.32 Å². The van der Waals surface area contributed by atoms with Crippen LogP contribution in [0.2, 0.25) is 0 Å². The molecule has 8 heteroatoms. The van der Waals surface area contributed by atoms with Crippen LogP contribution in [0.4, 0.5) is 5.69 Å². The van der Waals surface area contributed by atoms with E-state index in [1.807, 2.05) is 73.6 Å². The van der Waals surface area contributed by atoms with E-state index < -0.39 is 10.0 Å². The van der Waals surface area contributed by atoms with E-state index >= 15 is 0 Å². The first-order chi connectivity index (χ1) is 13.3. The summed E-state index contributed by atoms with van der Waals surface area (Å²) < 4.78 is 32.9. The van der Waals surface area contributed by atoms with Crippen LogP contribution in [0.15, 0.2) is 59.0 Å². The Morgan fingerprint density at radius 3 is 2.21 bits per heavy atom. The van der Waals surface area contributed by atoms with Gasteiger partial charge in [0.15, 0.2) is 0 Å². The zero-order valence-corrected chi connectivity index (χ0v) is 17.1. The summed E-state index contributed by atoms with van der Waals surface area (Å²) in [7, 11) is 0.246. The summed E-state index contributed by atoms with van der Waals surface area (Å²) in [6.07, 6.45) is 0. The lowest BCUT2D eigenvalue weighted by Gasteiger charge is -2.25. The molecule has 148 valence electrons. The summed E-state index contributed by atoms with van der Waals surface area (Å²) in [5.74, 6) is 0.998. The van der Waals surface area contributed by atoms with Crippen LogP contribution in [0.1, 0.15) is 11.5 Å². The molecule has 28 heavy (non-hydrogen) atoms. The third kappa shape index (κ3) is 4.96. The van der Waals surface area contributed by atoms with Crippen molar-refractivity contribution in [1.82, 2.24) is 15.1 Å². The first-order valence-electron chi connectivity index (χ1n) is 8.95. The van der Waals surface area contributed by atoms with E-state index in [0.717, 1.165) is 11.1 Å². The van der Waals surface area contributed by atoms with Crippen LogP contribution < -0.4 is 4.31 Å². The van der Waals surface area contributed by atoms with Crippen LogP contribution in [0.5, 0.6) is 0 Å². The van der Waals surface area contributed by atoms with Crippen LogP contribution in [-0.2, 0) is 16.6 Å². The highest BCUT2D eigenvalue weighted by Gasteiger charge is 2.23. The molecule has 0 aliphatic carbocycles. The Bertz CT molecular complexity index is 999. The smallest absolute Gasteiger partial charge is 0.247 e. The summed E-state index contributed by atoms with van der Waals surface area (Å²) in [4.78, 5) is 1.86. The van der Waals surface area contributed by atoms with Gasteiger partial charge in [-0.25, -0.2) is 8.42 Å². The number of nitrogens with zero attached hydrogens (tertiary/aromatic N) is 4. The van der Waals surface area contributed by atoms with Crippen molar-refractivity contribution >= 4 is 15.7 Å². The van der Waals surface area contributed by atoms with Gasteiger partial charge in [0.1, 0.15) is 0 Å². The molecule has 0 atom stereocenters. The molecule has 0 unspecified atom stereocenters. The topological polar surface area (TPSA) is 79.5 Å². The average Bonchev–Trinajstić information content (AvgIpc) is 3.12. The first kappa shape index (κ1) is 20.0. The van der Waals surface area contributed by atoms with Gasteiger partial charge in [-0.15, -0.1) is 10.2 Å². The molecule has 0 radical (unpaired) electrons. The van der Waals surface area contributed by atoms with Gasteiger partial charge in [0.05, 0.1) is 18.0 Å². The predicted molar refractivity (Wildman–Crippen MR) is 109 cm³/mol. The second-order valence-electron chi connectivity index (χ2n) is 6.78. The van der Waals surface area contributed by atoms with Crippen molar-refractivity contribution in [3.8, 4) is 11.5 Å². The van der Waals surface area contributed by atoms with E-state index in [9.17, 15) is 8.42 Å². The van der Waals surface area contributed by atoms with Gasteiger partial charge in [0.25, 0.3) is 0 Å². The van der Waals surface area contributed by atoms with Crippen molar-refractivity contribution in [1.29, 1.82) is 0 Å². The monoisotopic (exact) mass is 400 g/mol. The van der Waals surface area contributed by atoms with E-state index in [2.05, 4.69) is 10.2 Å². The van der Waals surface area contributed by atoms with Gasteiger partial charge in [-0.1, -0.05) is 30.3 Å². The lowest BCUT2D eigenvalue weighted by Crippen LogP contribution is -2.35. The Hall–Kier alpha value is -2.71.